The lowest BCUT2D eigenvalue weighted by Crippen LogP contribution is -2.27. The van der Waals surface area contributed by atoms with Gasteiger partial charge in [-0.05, 0) is 37.1 Å². The van der Waals surface area contributed by atoms with Gasteiger partial charge in [0.05, 0.1) is 4.92 Å². The van der Waals surface area contributed by atoms with Crippen molar-refractivity contribution < 1.29 is 9.72 Å². The van der Waals surface area contributed by atoms with E-state index in [0.717, 1.165) is 16.7 Å². The van der Waals surface area contributed by atoms with Crippen LogP contribution in [0, 0.1) is 24.0 Å². The molecule has 0 N–H and O–H groups in total. The fourth-order valence-electron chi connectivity index (χ4n) is 2.39. The van der Waals surface area contributed by atoms with Crippen molar-refractivity contribution in [3.05, 3.63) is 73.8 Å². The minimum atomic E-state index is -0.593. The first kappa shape index (κ1) is 17.0. The number of carbonyl (C=O) groups excluding carboxylic acids is 1. The van der Waals surface area contributed by atoms with Crippen LogP contribution < -0.4 is 0 Å². The summed E-state index contributed by atoms with van der Waals surface area (Å²) in [6, 6.07) is 10.0. The van der Waals surface area contributed by atoms with E-state index in [2.05, 4.69) is 0 Å². The molecular formula is C17H17ClN2O3. The molecule has 2 aromatic rings. The smallest absolute Gasteiger partial charge is 0.283 e. The lowest BCUT2D eigenvalue weighted by Gasteiger charge is -2.19. The Morgan fingerprint density at radius 1 is 1.22 bits per heavy atom. The van der Waals surface area contributed by atoms with E-state index >= 15 is 0 Å². The topological polar surface area (TPSA) is 63.5 Å². The van der Waals surface area contributed by atoms with Gasteiger partial charge in [-0.3, -0.25) is 14.9 Å². The van der Waals surface area contributed by atoms with E-state index in [-0.39, 0.29) is 16.3 Å². The summed E-state index contributed by atoms with van der Waals surface area (Å²) < 4.78 is 0. The summed E-state index contributed by atoms with van der Waals surface area (Å²) in [5, 5.41) is 11.4. The molecule has 0 saturated heterocycles. The summed E-state index contributed by atoms with van der Waals surface area (Å²) in [5.74, 6) is -0.409. The Balaban J connectivity index is 2.28. The zero-order valence-corrected chi connectivity index (χ0v) is 13.9. The number of benzene rings is 2. The third kappa shape index (κ3) is 3.87. The maximum absolute atomic E-state index is 12.5. The molecule has 0 heterocycles. The van der Waals surface area contributed by atoms with E-state index in [1.54, 1.807) is 7.05 Å². The highest BCUT2D eigenvalue weighted by atomic mass is 35.5. The highest BCUT2D eigenvalue weighted by molar-refractivity contribution is 6.31. The van der Waals surface area contributed by atoms with Gasteiger partial charge in [-0.2, -0.15) is 0 Å². The normalized spacial score (nSPS) is 10.4. The van der Waals surface area contributed by atoms with Gasteiger partial charge in [0.1, 0.15) is 5.56 Å². The molecule has 120 valence electrons. The van der Waals surface area contributed by atoms with Crippen LogP contribution in [0.3, 0.4) is 0 Å². The first-order valence-corrected chi connectivity index (χ1v) is 7.43. The number of hydrogen-bond acceptors (Lipinski definition) is 3. The Hall–Kier alpha value is -2.40. The minimum absolute atomic E-state index is 0.0339. The van der Waals surface area contributed by atoms with Crippen molar-refractivity contribution in [2.24, 2.45) is 0 Å². The Bertz CT molecular complexity index is 774. The maximum atomic E-state index is 12.5. The van der Waals surface area contributed by atoms with Crippen LogP contribution in [0.25, 0.3) is 0 Å². The van der Waals surface area contributed by atoms with Crippen LogP contribution in [0.2, 0.25) is 5.02 Å². The molecule has 0 unspecified atom stereocenters. The largest absolute Gasteiger partial charge is 0.337 e. The summed E-state index contributed by atoms with van der Waals surface area (Å²) >= 11 is 5.78. The molecule has 5 nitrogen and oxygen atoms in total. The number of carbonyl (C=O) groups is 1. The molecule has 0 aromatic heterocycles. The van der Waals surface area contributed by atoms with Crippen molar-refractivity contribution in [1.82, 2.24) is 4.90 Å². The van der Waals surface area contributed by atoms with Gasteiger partial charge in [0.25, 0.3) is 11.6 Å². The van der Waals surface area contributed by atoms with Crippen molar-refractivity contribution in [1.29, 1.82) is 0 Å². The van der Waals surface area contributed by atoms with Crippen LogP contribution in [0.5, 0.6) is 0 Å². The molecule has 0 saturated carbocycles. The van der Waals surface area contributed by atoms with E-state index in [1.807, 2.05) is 32.0 Å². The average Bonchev–Trinajstić information content (AvgIpc) is 2.49. The molecule has 0 aliphatic rings. The minimum Gasteiger partial charge on any atom is -0.337 e. The molecule has 2 rings (SSSR count). The summed E-state index contributed by atoms with van der Waals surface area (Å²) in [5.41, 5.74) is 2.98. The van der Waals surface area contributed by atoms with Gasteiger partial charge in [0.2, 0.25) is 0 Å². The standard InChI is InChI=1S/C17H17ClN2O3/c1-11-4-5-13(12(2)8-11)10-19(3)17(21)15-7-6-14(18)9-16(15)20(22)23/h4-9H,10H2,1-3H3. The first-order chi connectivity index (χ1) is 10.8. The van der Waals surface area contributed by atoms with Gasteiger partial charge in [-0.15, -0.1) is 0 Å². The third-order valence-electron chi connectivity index (χ3n) is 3.64. The number of nitro benzene ring substituents is 1. The van der Waals surface area contributed by atoms with Gasteiger partial charge in [-0.25, -0.2) is 0 Å². The van der Waals surface area contributed by atoms with Crippen LogP contribution in [0.1, 0.15) is 27.0 Å². The van der Waals surface area contributed by atoms with Crippen molar-refractivity contribution >= 4 is 23.2 Å². The van der Waals surface area contributed by atoms with Gasteiger partial charge in [0.15, 0.2) is 0 Å². The molecule has 2 aromatic carbocycles. The Kier molecular flexibility index (Phi) is 5.01. The predicted molar refractivity (Wildman–Crippen MR) is 89.8 cm³/mol. The Morgan fingerprint density at radius 2 is 1.91 bits per heavy atom. The third-order valence-corrected chi connectivity index (χ3v) is 3.87. The molecule has 0 radical (unpaired) electrons. The molecule has 0 aliphatic carbocycles. The van der Waals surface area contributed by atoms with E-state index in [0.29, 0.717) is 6.54 Å². The molecule has 1 amide bonds. The number of amides is 1. The number of hydrogen-bond donors (Lipinski definition) is 0. The first-order valence-electron chi connectivity index (χ1n) is 7.05. The van der Waals surface area contributed by atoms with Crippen LogP contribution >= 0.6 is 11.6 Å². The Morgan fingerprint density at radius 3 is 2.52 bits per heavy atom. The molecule has 0 fully saturated rings. The van der Waals surface area contributed by atoms with E-state index in [9.17, 15) is 14.9 Å². The molecule has 6 heteroatoms. The van der Waals surface area contributed by atoms with E-state index in [1.165, 1.54) is 23.1 Å². The highest BCUT2D eigenvalue weighted by Crippen LogP contribution is 2.25. The molecule has 0 bridgehead atoms. The fraction of sp³-hybridized carbons (Fsp3) is 0.235. The fourth-order valence-corrected chi connectivity index (χ4v) is 2.56. The summed E-state index contributed by atoms with van der Waals surface area (Å²) in [4.78, 5) is 24.5. The van der Waals surface area contributed by atoms with Crippen molar-refractivity contribution in [3.63, 3.8) is 0 Å². The monoisotopic (exact) mass is 332 g/mol. The summed E-state index contributed by atoms with van der Waals surface area (Å²) in [7, 11) is 1.62. The van der Waals surface area contributed by atoms with Gasteiger partial charge >= 0.3 is 0 Å². The van der Waals surface area contributed by atoms with Crippen LogP contribution in [-0.2, 0) is 6.54 Å². The van der Waals surface area contributed by atoms with E-state index < -0.39 is 10.8 Å². The Labute approximate surface area is 139 Å². The summed E-state index contributed by atoms with van der Waals surface area (Å²) in [6.07, 6.45) is 0. The van der Waals surface area contributed by atoms with Crippen molar-refractivity contribution in [2.75, 3.05) is 7.05 Å². The van der Waals surface area contributed by atoms with Crippen molar-refractivity contribution in [3.8, 4) is 0 Å². The van der Waals surface area contributed by atoms with E-state index in [4.69, 9.17) is 11.6 Å². The number of rotatable bonds is 4. The number of nitro groups is 1. The molecule has 0 spiro atoms. The second kappa shape index (κ2) is 6.79. The van der Waals surface area contributed by atoms with Crippen LogP contribution in [0.4, 0.5) is 5.69 Å². The highest BCUT2D eigenvalue weighted by Gasteiger charge is 2.23. The lowest BCUT2D eigenvalue weighted by molar-refractivity contribution is -0.385. The second-order valence-corrected chi connectivity index (χ2v) is 5.95. The van der Waals surface area contributed by atoms with Crippen LogP contribution in [0.15, 0.2) is 36.4 Å². The quantitative estimate of drug-likeness (QED) is 0.624. The van der Waals surface area contributed by atoms with Crippen molar-refractivity contribution in [2.45, 2.75) is 20.4 Å². The van der Waals surface area contributed by atoms with Gasteiger partial charge < -0.3 is 4.90 Å². The van der Waals surface area contributed by atoms with Gasteiger partial charge in [0, 0.05) is 24.7 Å². The average molecular weight is 333 g/mol. The molecule has 23 heavy (non-hydrogen) atoms. The molecule has 0 atom stereocenters. The lowest BCUT2D eigenvalue weighted by atomic mass is 10.0. The number of aryl methyl sites for hydroxylation is 2. The zero-order chi connectivity index (χ0) is 17.1. The predicted octanol–water partition coefficient (Wildman–Crippen LogP) is 4.14. The van der Waals surface area contributed by atoms with Crippen LogP contribution in [-0.4, -0.2) is 22.8 Å². The summed E-state index contributed by atoms with van der Waals surface area (Å²) in [6.45, 7) is 4.36. The number of nitrogens with zero attached hydrogens (tertiary/aromatic N) is 2. The van der Waals surface area contributed by atoms with Gasteiger partial charge in [-0.1, -0.05) is 35.4 Å². The molecular weight excluding hydrogens is 316 g/mol. The SMILES string of the molecule is Cc1ccc(CN(C)C(=O)c2ccc(Cl)cc2[N+](=O)[O-])c(C)c1. The molecule has 0 aliphatic heterocycles. The second-order valence-electron chi connectivity index (χ2n) is 5.51. The number of halogens is 1. The zero-order valence-electron chi connectivity index (χ0n) is 13.2. The maximum Gasteiger partial charge on any atom is 0.283 e.